The molecular weight excluding hydrogens is 192 g/mol. The molecule has 3 atom stereocenters. The van der Waals surface area contributed by atoms with Crippen molar-refractivity contribution in [2.75, 3.05) is 0 Å². The molecule has 88 valence electrons. The molecule has 0 bridgehead atoms. The molecule has 1 aliphatic rings. The normalized spacial score (nSPS) is 27.3. The van der Waals surface area contributed by atoms with Crippen LogP contribution in [0.25, 0.3) is 0 Å². The number of carbonyl (C=O) groups excluding carboxylic acids is 1. The average Bonchev–Trinajstić information content (AvgIpc) is 2.96. The number of ether oxygens (including phenoxy) is 2. The van der Waals surface area contributed by atoms with Gasteiger partial charge in [0.15, 0.2) is 0 Å². The van der Waals surface area contributed by atoms with E-state index in [1.807, 2.05) is 27.7 Å². The van der Waals surface area contributed by atoms with E-state index in [4.69, 9.17) is 9.47 Å². The van der Waals surface area contributed by atoms with Crippen LogP contribution in [0.1, 0.15) is 47.5 Å². The van der Waals surface area contributed by atoms with Crippen LogP contribution in [-0.2, 0) is 14.3 Å². The highest BCUT2D eigenvalue weighted by Gasteiger charge is 2.44. The third-order valence-corrected chi connectivity index (χ3v) is 3.22. The Balaban J connectivity index is 2.39. The van der Waals surface area contributed by atoms with Crippen molar-refractivity contribution in [2.45, 2.75) is 65.8 Å². The summed E-state index contributed by atoms with van der Waals surface area (Å²) in [5.74, 6) is -0.122. The monoisotopic (exact) mass is 214 g/mol. The van der Waals surface area contributed by atoms with E-state index in [0.29, 0.717) is 0 Å². The Labute approximate surface area is 92.1 Å². The first-order valence-electron chi connectivity index (χ1n) is 5.79. The van der Waals surface area contributed by atoms with E-state index in [1.165, 1.54) is 0 Å². The van der Waals surface area contributed by atoms with Crippen LogP contribution in [0.2, 0.25) is 0 Å². The molecule has 0 saturated carbocycles. The third-order valence-electron chi connectivity index (χ3n) is 3.22. The second-order valence-electron chi connectivity index (χ2n) is 4.90. The lowest BCUT2D eigenvalue weighted by atomic mass is 9.90. The van der Waals surface area contributed by atoms with Gasteiger partial charge in [0, 0.05) is 0 Å². The number of esters is 1. The zero-order chi connectivity index (χ0) is 11.6. The van der Waals surface area contributed by atoms with E-state index in [2.05, 4.69) is 6.92 Å². The average molecular weight is 214 g/mol. The van der Waals surface area contributed by atoms with Crippen LogP contribution >= 0.6 is 0 Å². The second-order valence-corrected chi connectivity index (χ2v) is 4.90. The summed E-state index contributed by atoms with van der Waals surface area (Å²) >= 11 is 0. The number of hydrogen-bond donors (Lipinski definition) is 0. The van der Waals surface area contributed by atoms with Gasteiger partial charge in [-0.1, -0.05) is 13.8 Å². The van der Waals surface area contributed by atoms with Crippen molar-refractivity contribution in [3.8, 4) is 0 Å². The van der Waals surface area contributed by atoms with Crippen LogP contribution in [0.4, 0.5) is 0 Å². The van der Waals surface area contributed by atoms with E-state index < -0.39 is 0 Å². The largest absolute Gasteiger partial charge is 0.459 e. The molecule has 0 amide bonds. The molecule has 1 heterocycles. The van der Waals surface area contributed by atoms with Gasteiger partial charge in [0.1, 0.15) is 12.2 Å². The Morgan fingerprint density at radius 2 is 2.07 bits per heavy atom. The fourth-order valence-corrected chi connectivity index (χ4v) is 1.44. The molecule has 3 nitrogen and oxygen atoms in total. The van der Waals surface area contributed by atoms with Crippen LogP contribution in [-0.4, -0.2) is 24.3 Å². The maximum absolute atomic E-state index is 11.8. The smallest absolute Gasteiger partial charge is 0.311 e. The fourth-order valence-electron chi connectivity index (χ4n) is 1.44. The first kappa shape index (κ1) is 12.5. The minimum absolute atomic E-state index is 0.117. The lowest BCUT2D eigenvalue weighted by Gasteiger charge is -2.22. The van der Waals surface area contributed by atoms with Crippen LogP contribution in [0.3, 0.4) is 0 Å². The van der Waals surface area contributed by atoms with Gasteiger partial charge in [-0.2, -0.15) is 0 Å². The van der Waals surface area contributed by atoms with Gasteiger partial charge in [0.25, 0.3) is 0 Å². The highest BCUT2D eigenvalue weighted by Crippen LogP contribution is 2.31. The van der Waals surface area contributed by atoms with Crippen molar-refractivity contribution in [3.05, 3.63) is 0 Å². The Morgan fingerprint density at radius 3 is 2.47 bits per heavy atom. The minimum Gasteiger partial charge on any atom is -0.459 e. The van der Waals surface area contributed by atoms with Crippen molar-refractivity contribution >= 4 is 5.97 Å². The summed E-state index contributed by atoms with van der Waals surface area (Å²) in [6.45, 7) is 9.80. The van der Waals surface area contributed by atoms with E-state index in [-0.39, 0.29) is 29.7 Å². The summed E-state index contributed by atoms with van der Waals surface area (Å²) < 4.78 is 10.8. The van der Waals surface area contributed by atoms with E-state index in [0.717, 1.165) is 12.8 Å². The zero-order valence-electron chi connectivity index (χ0n) is 10.4. The van der Waals surface area contributed by atoms with Gasteiger partial charge in [0.05, 0.1) is 11.5 Å². The molecule has 0 aromatic carbocycles. The van der Waals surface area contributed by atoms with Gasteiger partial charge in [0.2, 0.25) is 0 Å². The molecule has 1 aliphatic heterocycles. The number of epoxide rings is 1. The van der Waals surface area contributed by atoms with Crippen molar-refractivity contribution in [1.82, 2.24) is 0 Å². The van der Waals surface area contributed by atoms with Crippen molar-refractivity contribution in [1.29, 1.82) is 0 Å². The molecule has 0 spiro atoms. The van der Waals surface area contributed by atoms with Crippen LogP contribution in [0, 0.1) is 5.41 Å². The fraction of sp³-hybridized carbons (Fsp3) is 0.917. The molecule has 0 radical (unpaired) electrons. The van der Waals surface area contributed by atoms with E-state index in [9.17, 15) is 4.79 Å². The van der Waals surface area contributed by atoms with E-state index >= 15 is 0 Å². The lowest BCUT2D eigenvalue weighted by molar-refractivity contribution is -0.159. The Bertz CT molecular complexity index is 235. The van der Waals surface area contributed by atoms with Crippen LogP contribution in [0.5, 0.6) is 0 Å². The Morgan fingerprint density at radius 1 is 1.47 bits per heavy atom. The Kier molecular flexibility index (Phi) is 3.77. The van der Waals surface area contributed by atoms with Crippen LogP contribution in [0.15, 0.2) is 0 Å². The summed E-state index contributed by atoms with van der Waals surface area (Å²) in [6.07, 6.45) is 2.07. The first-order valence-corrected chi connectivity index (χ1v) is 5.79. The highest BCUT2D eigenvalue weighted by molar-refractivity contribution is 5.76. The second kappa shape index (κ2) is 4.52. The summed E-state index contributed by atoms with van der Waals surface area (Å²) in [5, 5.41) is 0. The van der Waals surface area contributed by atoms with Crippen molar-refractivity contribution in [3.63, 3.8) is 0 Å². The molecule has 0 aromatic heterocycles. The maximum Gasteiger partial charge on any atom is 0.311 e. The third kappa shape index (κ3) is 2.94. The van der Waals surface area contributed by atoms with Gasteiger partial charge in [-0.25, -0.2) is 0 Å². The molecule has 1 fully saturated rings. The first-order chi connectivity index (χ1) is 6.92. The van der Waals surface area contributed by atoms with Crippen molar-refractivity contribution < 1.29 is 14.3 Å². The molecule has 1 saturated heterocycles. The molecule has 3 heteroatoms. The van der Waals surface area contributed by atoms with Crippen molar-refractivity contribution in [2.24, 2.45) is 5.41 Å². The van der Waals surface area contributed by atoms with Crippen LogP contribution < -0.4 is 0 Å². The maximum atomic E-state index is 11.8. The van der Waals surface area contributed by atoms with Gasteiger partial charge >= 0.3 is 5.97 Å². The standard InChI is InChI=1S/C12H22O3/c1-6-9-10(15-9)8(3)14-11(13)12(4,5)7-2/h8-10H,6-7H2,1-5H3. The van der Waals surface area contributed by atoms with Gasteiger partial charge in [-0.15, -0.1) is 0 Å². The van der Waals surface area contributed by atoms with E-state index in [1.54, 1.807) is 0 Å². The molecule has 0 aliphatic carbocycles. The highest BCUT2D eigenvalue weighted by atomic mass is 16.6. The summed E-state index contributed by atoms with van der Waals surface area (Å²) in [7, 11) is 0. The van der Waals surface area contributed by atoms with Gasteiger partial charge in [-0.3, -0.25) is 4.79 Å². The SMILES string of the molecule is CCC1OC1C(C)OC(=O)C(C)(C)CC. The summed E-state index contributed by atoms with van der Waals surface area (Å²) in [5.41, 5.74) is -0.384. The number of hydrogen-bond acceptors (Lipinski definition) is 3. The molecule has 15 heavy (non-hydrogen) atoms. The summed E-state index contributed by atoms with van der Waals surface area (Å²) in [6, 6.07) is 0. The zero-order valence-corrected chi connectivity index (χ0v) is 10.4. The topological polar surface area (TPSA) is 38.8 Å². The molecular formula is C12H22O3. The predicted molar refractivity (Wildman–Crippen MR) is 58.6 cm³/mol. The lowest BCUT2D eigenvalue weighted by Crippen LogP contribution is -2.31. The summed E-state index contributed by atoms with van der Waals surface area (Å²) in [4.78, 5) is 11.8. The number of carbonyl (C=O) groups is 1. The molecule has 1 rings (SSSR count). The molecule has 0 N–H and O–H groups in total. The van der Waals surface area contributed by atoms with Gasteiger partial charge < -0.3 is 9.47 Å². The Hall–Kier alpha value is -0.570. The molecule has 3 unspecified atom stereocenters. The predicted octanol–water partition coefficient (Wildman–Crippen LogP) is 2.53. The minimum atomic E-state index is -0.384. The van der Waals surface area contributed by atoms with Gasteiger partial charge in [-0.05, 0) is 33.6 Å². The molecule has 0 aromatic rings. The quantitative estimate of drug-likeness (QED) is 0.521. The number of rotatable bonds is 5.